The van der Waals surface area contributed by atoms with E-state index in [1.165, 1.54) is 83.1 Å². The van der Waals surface area contributed by atoms with Gasteiger partial charge in [-0.05, 0) is 42.2 Å². The number of hydrogen-bond donors (Lipinski definition) is 5. The summed E-state index contributed by atoms with van der Waals surface area (Å²) in [6, 6.07) is 2.03. The lowest BCUT2D eigenvalue weighted by atomic mass is 9.95. The number of carboxylic acids is 1. The van der Waals surface area contributed by atoms with Gasteiger partial charge in [-0.2, -0.15) is 0 Å². The van der Waals surface area contributed by atoms with Gasteiger partial charge in [0.1, 0.15) is 6.04 Å². The molecule has 3 atom stereocenters. The number of aryl methyl sites for hydroxylation is 1. The SMILES string of the molecule is CC(C)[C@H](N)C(=O)N(C(=O)[C@@H](N)C(C)C)[C@H](C(=O)O)C(C)C.CCCCCCCCCCCCCCCc1cccc(O)c1O. The molecule has 0 aliphatic carbocycles. The smallest absolute Gasteiger partial charge is 0.327 e. The van der Waals surface area contributed by atoms with E-state index >= 15 is 0 Å². The quantitative estimate of drug-likeness (QED) is 0.0701. The zero-order valence-electron chi connectivity index (χ0n) is 29.3. The molecule has 0 radical (unpaired) electrons. The van der Waals surface area contributed by atoms with Gasteiger partial charge in [-0.3, -0.25) is 14.5 Å². The van der Waals surface area contributed by atoms with Crippen molar-refractivity contribution in [2.75, 3.05) is 0 Å². The highest BCUT2D eigenvalue weighted by Crippen LogP contribution is 2.29. The van der Waals surface area contributed by atoms with E-state index in [0.717, 1.165) is 23.3 Å². The van der Waals surface area contributed by atoms with Crippen LogP contribution >= 0.6 is 0 Å². The van der Waals surface area contributed by atoms with E-state index in [-0.39, 0.29) is 23.3 Å². The maximum absolute atomic E-state index is 12.6. The Morgan fingerprint density at radius 3 is 1.42 bits per heavy atom. The number of para-hydroxylation sites is 1. The first kappa shape index (κ1) is 42.3. The first-order valence-corrected chi connectivity index (χ1v) is 17.3. The summed E-state index contributed by atoms with van der Waals surface area (Å²) in [7, 11) is 0. The van der Waals surface area contributed by atoms with Crippen LogP contribution in [0.4, 0.5) is 0 Å². The number of rotatable bonds is 21. The molecule has 45 heavy (non-hydrogen) atoms. The molecule has 9 nitrogen and oxygen atoms in total. The molecule has 260 valence electrons. The fourth-order valence-corrected chi connectivity index (χ4v) is 5.08. The summed E-state index contributed by atoms with van der Waals surface area (Å²) in [5.41, 5.74) is 12.5. The van der Waals surface area contributed by atoms with Crippen LogP contribution in [-0.2, 0) is 20.8 Å². The molecule has 0 bridgehead atoms. The fraction of sp³-hybridized carbons (Fsp3) is 0.750. The molecule has 7 N–H and O–H groups in total. The number of carboxylic acid groups (broad SMARTS) is 1. The van der Waals surface area contributed by atoms with Crippen LogP contribution in [0.1, 0.15) is 138 Å². The summed E-state index contributed by atoms with van der Waals surface area (Å²) in [4.78, 5) is 37.4. The number of aromatic hydroxyl groups is 2. The summed E-state index contributed by atoms with van der Waals surface area (Å²) in [5, 5.41) is 28.6. The van der Waals surface area contributed by atoms with Crippen LogP contribution < -0.4 is 11.5 Å². The Morgan fingerprint density at radius 2 is 1.07 bits per heavy atom. The molecule has 0 fully saturated rings. The number of imide groups is 1. The molecule has 0 aliphatic rings. The number of carbonyl (C=O) groups excluding carboxylic acids is 2. The molecular weight excluding hydrogens is 570 g/mol. The van der Waals surface area contributed by atoms with Gasteiger partial charge in [0.15, 0.2) is 11.5 Å². The third kappa shape index (κ3) is 16.5. The highest BCUT2D eigenvalue weighted by molar-refractivity contribution is 6.03. The molecule has 0 aromatic heterocycles. The standard InChI is InChI=1S/C21H36O2.C15H29N3O4/c1-2-3-4-5-6-7-8-9-10-11-12-13-14-16-19-17-15-18-20(22)21(19)23;1-7(2)10(16)13(19)18(12(9(5)6)15(21)22)14(20)11(17)8(3)4/h15,17-18,22-23H,2-14,16H2,1H3;7-12H,16-17H2,1-6H3,(H,21,22)/t;10-,11-,12-/m.0/s1. The van der Waals surface area contributed by atoms with Crippen molar-refractivity contribution in [2.45, 2.75) is 156 Å². The van der Waals surface area contributed by atoms with Gasteiger partial charge < -0.3 is 26.8 Å². The first-order chi connectivity index (χ1) is 21.2. The third-order valence-corrected chi connectivity index (χ3v) is 8.29. The van der Waals surface area contributed by atoms with Crippen molar-refractivity contribution in [3.63, 3.8) is 0 Å². The normalized spacial score (nSPS) is 13.3. The van der Waals surface area contributed by atoms with Gasteiger partial charge in [0, 0.05) is 0 Å². The number of benzene rings is 1. The van der Waals surface area contributed by atoms with Gasteiger partial charge in [0.2, 0.25) is 11.8 Å². The van der Waals surface area contributed by atoms with E-state index in [1.54, 1.807) is 47.6 Å². The van der Waals surface area contributed by atoms with Crippen molar-refractivity contribution >= 4 is 17.8 Å². The number of nitrogens with zero attached hydrogens (tertiary/aromatic N) is 1. The Labute approximate surface area is 273 Å². The minimum absolute atomic E-state index is 0.00260. The lowest BCUT2D eigenvalue weighted by Crippen LogP contribution is -2.61. The fourth-order valence-electron chi connectivity index (χ4n) is 5.08. The van der Waals surface area contributed by atoms with Crippen molar-refractivity contribution in [1.82, 2.24) is 4.90 Å². The zero-order chi connectivity index (χ0) is 34.5. The van der Waals surface area contributed by atoms with Gasteiger partial charge in [0.05, 0.1) is 12.1 Å². The molecule has 0 saturated heterocycles. The minimum Gasteiger partial charge on any atom is -0.504 e. The number of amides is 2. The van der Waals surface area contributed by atoms with E-state index in [4.69, 9.17) is 11.5 Å². The lowest BCUT2D eigenvalue weighted by Gasteiger charge is -2.34. The Balaban J connectivity index is 0.000000862. The second-order valence-corrected chi connectivity index (χ2v) is 13.4. The zero-order valence-corrected chi connectivity index (χ0v) is 29.3. The number of unbranched alkanes of at least 4 members (excludes halogenated alkanes) is 12. The van der Waals surface area contributed by atoms with Crippen molar-refractivity contribution in [2.24, 2.45) is 29.2 Å². The Morgan fingerprint density at radius 1 is 0.667 bits per heavy atom. The summed E-state index contributed by atoms with van der Waals surface area (Å²) in [6.07, 6.45) is 18.4. The molecular formula is C36H65N3O6. The van der Waals surface area contributed by atoms with Gasteiger partial charge in [-0.15, -0.1) is 0 Å². The molecule has 9 heteroatoms. The van der Waals surface area contributed by atoms with Crippen LogP contribution in [0.5, 0.6) is 11.5 Å². The number of nitrogens with two attached hydrogens (primary N) is 2. The van der Waals surface area contributed by atoms with Crippen LogP contribution in [0.3, 0.4) is 0 Å². The molecule has 2 amide bonds. The number of phenolic OH excluding ortho intramolecular Hbond substituents is 2. The predicted octanol–water partition coefficient (Wildman–Crippen LogP) is 7.15. The summed E-state index contributed by atoms with van der Waals surface area (Å²) < 4.78 is 0. The average molecular weight is 636 g/mol. The van der Waals surface area contributed by atoms with Gasteiger partial charge >= 0.3 is 5.97 Å². The lowest BCUT2D eigenvalue weighted by molar-refractivity contribution is -0.162. The van der Waals surface area contributed by atoms with E-state index < -0.39 is 41.8 Å². The second kappa shape index (κ2) is 23.7. The van der Waals surface area contributed by atoms with Crippen LogP contribution in [-0.4, -0.2) is 56.1 Å². The van der Waals surface area contributed by atoms with Crippen molar-refractivity contribution < 1.29 is 29.7 Å². The maximum Gasteiger partial charge on any atom is 0.327 e. The predicted molar refractivity (Wildman–Crippen MR) is 183 cm³/mol. The van der Waals surface area contributed by atoms with Crippen LogP contribution in [0.2, 0.25) is 0 Å². The topological polar surface area (TPSA) is 167 Å². The molecule has 1 aromatic carbocycles. The summed E-state index contributed by atoms with van der Waals surface area (Å²) in [5.74, 6) is -3.48. The number of carbonyl (C=O) groups is 3. The Bertz CT molecular complexity index is 956. The highest BCUT2D eigenvalue weighted by atomic mass is 16.4. The summed E-state index contributed by atoms with van der Waals surface area (Å²) >= 11 is 0. The van der Waals surface area contributed by atoms with E-state index in [0.29, 0.717) is 0 Å². The molecule has 0 unspecified atom stereocenters. The second-order valence-electron chi connectivity index (χ2n) is 13.4. The van der Waals surface area contributed by atoms with Crippen molar-refractivity contribution in [3.8, 4) is 11.5 Å². The van der Waals surface area contributed by atoms with E-state index in [2.05, 4.69) is 6.92 Å². The molecule has 0 saturated carbocycles. The highest BCUT2D eigenvalue weighted by Gasteiger charge is 2.41. The third-order valence-electron chi connectivity index (χ3n) is 8.29. The van der Waals surface area contributed by atoms with Gasteiger partial charge in [-0.1, -0.05) is 138 Å². The summed E-state index contributed by atoms with van der Waals surface area (Å²) in [6.45, 7) is 12.5. The largest absolute Gasteiger partial charge is 0.504 e. The average Bonchev–Trinajstić information content (AvgIpc) is 2.98. The molecule has 1 rings (SSSR count). The molecule has 0 heterocycles. The molecule has 1 aromatic rings. The van der Waals surface area contributed by atoms with Crippen LogP contribution in [0.25, 0.3) is 0 Å². The van der Waals surface area contributed by atoms with Gasteiger partial charge in [0.25, 0.3) is 0 Å². The van der Waals surface area contributed by atoms with E-state index in [9.17, 15) is 29.7 Å². The monoisotopic (exact) mass is 635 g/mol. The van der Waals surface area contributed by atoms with Crippen LogP contribution in [0, 0.1) is 17.8 Å². The Hall–Kier alpha value is -2.65. The maximum atomic E-state index is 12.6. The number of phenols is 2. The Kier molecular flexibility index (Phi) is 22.3. The van der Waals surface area contributed by atoms with Crippen molar-refractivity contribution in [1.29, 1.82) is 0 Å². The van der Waals surface area contributed by atoms with E-state index in [1.807, 2.05) is 6.07 Å². The van der Waals surface area contributed by atoms with Crippen molar-refractivity contribution in [3.05, 3.63) is 23.8 Å². The van der Waals surface area contributed by atoms with Gasteiger partial charge in [-0.25, -0.2) is 4.79 Å². The first-order valence-electron chi connectivity index (χ1n) is 17.3. The minimum atomic E-state index is -1.28. The number of aliphatic carboxylic acids is 1. The molecule has 0 aliphatic heterocycles. The number of hydrogen-bond acceptors (Lipinski definition) is 7. The van der Waals surface area contributed by atoms with Crippen LogP contribution in [0.15, 0.2) is 18.2 Å². The molecule has 0 spiro atoms.